The SMILES string of the molecule is CC1=CC(C)CC(C2CC(N)c3ccc(Br)cc3O2)C1. The zero-order chi connectivity index (χ0) is 14.3. The summed E-state index contributed by atoms with van der Waals surface area (Å²) in [6.07, 6.45) is 5.92. The molecule has 4 unspecified atom stereocenters. The average molecular weight is 336 g/mol. The Morgan fingerprint density at radius 3 is 2.85 bits per heavy atom. The highest BCUT2D eigenvalue weighted by Crippen LogP contribution is 2.41. The number of benzene rings is 1. The lowest BCUT2D eigenvalue weighted by Gasteiger charge is -2.38. The molecule has 20 heavy (non-hydrogen) atoms. The predicted octanol–water partition coefficient (Wildman–Crippen LogP) is 4.59. The Morgan fingerprint density at radius 2 is 2.10 bits per heavy atom. The van der Waals surface area contributed by atoms with E-state index in [4.69, 9.17) is 10.5 Å². The van der Waals surface area contributed by atoms with Crippen molar-refractivity contribution in [1.29, 1.82) is 0 Å². The fourth-order valence-electron chi connectivity index (χ4n) is 3.67. The molecule has 1 aromatic rings. The molecular formula is C17H22BrNO. The van der Waals surface area contributed by atoms with Gasteiger partial charge in [-0.15, -0.1) is 0 Å². The van der Waals surface area contributed by atoms with Gasteiger partial charge >= 0.3 is 0 Å². The van der Waals surface area contributed by atoms with Crippen LogP contribution in [0.4, 0.5) is 0 Å². The minimum atomic E-state index is 0.0957. The van der Waals surface area contributed by atoms with E-state index in [2.05, 4.69) is 48.0 Å². The first-order chi connectivity index (χ1) is 9.52. The largest absolute Gasteiger partial charge is 0.490 e. The molecule has 0 bridgehead atoms. The molecule has 1 heterocycles. The number of hydrogen-bond acceptors (Lipinski definition) is 2. The smallest absolute Gasteiger partial charge is 0.125 e. The van der Waals surface area contributed by atoms with E-state index in [-0.39, 0.29) is 12.1 Å². The number of allylic oxidation sites excluding steroid dienone is 2. The molecule has 1 aromatic carbocycles. The highest BCUT2D eigenvalue weighted by molar-refractivity contribution is 9.10. The van der Waals surface area contributed by atoms with Gasteiger partial charge in [0.1, 0.15) is 11.9 Å². The van der Waals surface area contributed by atoms with Crippen molar-refractivity contribution in [1.82, 2.24) is 0 Å². The van der Waals surface area contributed by atoms with E-state index >= 15 is 0 Å². The summed E-state index contributed by atoms with van der Waals surface area (Å²) in [6, 6.07) is 6.27. The Morgan fingerprint density at radius 1 is 1.30 bits per heavy atom. The minimum absolute atomic E-state index is 0.0957. The molecule has 0 amide bonds. The summed E-state index contributed by atoms with van der Waals surface area (Å²) in [4.78, 5) is 0. The van der Waals surface area contributed by atoms with Crippen LogP contribution < -0.4 is 10.5 Å². The normalized spacial score (nSPS) is 33.1. The third-order valence-electron chi connectivity index (χ3n) is 4.49. The molecule has 0 radical (unpaired) electrons. The summed E-state index contributed by atoms with van der Waals surface area (Å²) in [5, 5.41) is 0. The first kappa shape index (κ1) is 14.2. The van der Waals surface area contributed by atoms with Crippen LogP contribution in [0.5, 0.6) is 5.75 Å². The van der Waals surface area contributed by atoms with Crippen LogP contribution >= 0.6 is 15.9 Å². The van der Waals surface area contributed by atoms with Gasteiger partial charge in [-0.05, 0) is 37.8 Å². The first-order valence-corrected chi connectivity index (χ1v) is 8.21. The monoisotopic (exact) mass is 335 g/mol. The summed E-state index contributed by atoms with van der Waals surface area (Å²) in [7, 11) is 0. The molecule has 0 aromatic heterocycles. The number of nitrogens with two attached hydrogens (primary N) is 1. The number of rotatable bonds is 1. The van der Waals surface area contributed by atoms with Crippen molar-refractivity contribution in [2.75, 3.05) is 0 Å². The summed E-state index contributed by atoms with van der Waals surface area (Å²) >= 11 is 3.52. The fourth-order valence-corrected chi connectivity index (χ4v) is 4.01. The van der Waals surface area contributed by atoms with Crippen molar-refractivity contribution in [2.24, 2.45) is 17.6 Å². The molecule has 3 heteroatoms. The summed E-state index contributed by atoms with van der Waals surface area (Å²) in [5.74, 6) is 2.20. The number of fused-ring (bicyclic) bond motifs is 1. The lowest BCUT2D eigenvalue weighted by Crippen LogP contribution is -2.37. The second-order valence-corrected chi connectivity index (χ2v) is 7.29. The van der Waals surface area contributed by atoms with Gasteiger partial charge < -0.3 is 10.5 Å². The Bertz CT molecular complexity index is 540. The van der Waals surface area contributed by atoms with Crippen LogP contribution in [0.15, 0.2) is 34.3 Å². The van der Waals surface area contributed by atoms with Crippen LogP contribution in [-0.4, -0.2) is 6.10 Å². The van der Waals surface area contributed by atoms with Gasteiger partial charge in [0.25, 0.3) is 0 Å². The topological polar surface area (TPSA) is 35.2 Å². The van der Waals surface area contributed by atoms with Crippen LogP contribution in [0, 0.1) is 11.8 Å². The molecule has 0 saturated carbocycles. The molecule has 108 valence electrons. The summed E-state index contributed by atoms with van der Waals surface area (Å²) in [6.45, 7) is 4.53. The Kier molecular flexibility index (Phi) is 3.91. The Balaban J connectivity index is 1.82. The van der Waals surface area contributed by atoms with Gasteiger partial charge in [-0.3, -0.25) is 0 Å². The van der Waals surface area contributed by atoms with Gasteiger partial charge in [0.05, 0.1) is 0 Å². The molecule has 0 saturated heterocycles. The molecule has 2 nitrogen and oxygen atoms in total. The Hall–Kier alpha value is -0.800. The van der Waals surface area contributed by atoms with Crippen molar-refractivity contribution in [3.63, 3.8) is 0 Å². The lowest BCUT2D eigenvalue weighted by molar-refractivity contribution is 0.0857. The number of hydrogen-bond donors (Lipinski definition) is 1. The van der Waals surface area contributed by atoms with Crippen molar-refractivity contribution >= 4 is 15.9 Å². The molecule has 3 rings (SSSR count). The summed E-state index contributed by atoms with van der Waals surface area (Å²) < 4.78 is 7.34. The maximum absolute atomic E-state index is 6.35. The van der Waals surface area contributed by atoms with E-state index in [1.165, 1.54) is 12.0 Å². The van der Waals surface area contributed by atoms with E-state index in [1.54, 1.807) is 0 Å². The fraction of sp³-hybridized carbons (Fsp3) is 0.529. The number of halogens is 1. The van der Waals surface area contributed by atoms with Gasteiger partial charge in [-0.1, -0.05) is 40.6 Å². The van der Waals surface area contributed by atoms with E-state index < -0.39 is 0 Å². The van der Waals surface area contributed by atoms with Crippen LogP contribution in [0.1, 0.15) is 44.7 Å². The molecule has 1 aliphatic carbocycles. The molecule has 4 atom stereocenters. The third kappa shape index (κ3) is 2.79. The standard InChI is InChI=1S/C17H22BrNO/c1-10-5-11(2)7-12(6-10)16-9-15(19)14-4-3-13(18)8-17(14)20-16/h3-5,8,10,12,15-16H,6-7,9,19H2,1-2H3. The second-order valence-electron chi connectivity index (χ2n) is 6.37. The second kappa shape index (κ2) is 5.53. The molecule has 2 aliphatic rings. The molecule has 0 fully saturated rings. The Labute approximate surface area is 129 Å². The number of ether oxygens (including phenoxy) is 1. The van der Waals surface area contributed by atoms with Gasteiger partial charge in [0.2, 0.25) is 0 Å². The predicted molar refractivity (Wildman–Crippen MR) is 85.7 cm³/mol. The highest BCUT2D eigenvalue weighted by atomic mass is 79.9. The van der Waals surface area contributed by atoms with Crippen LogP contribution in [0.25, 0.3) is 0 Å². The van der Waals surface area contributed by atoms with E-state index in [9.17, 15) is 0 Å². The van der Waals surface area contributed by atoms with Crippen LogP contribution in [0.2, 0.25) is 0 Å². The van der Waals surface area contributed by atoms with Crippen LogP contribution in [0.3, 0.4) is 0 Å². The molecule has 0 spiro atoms. The first-order valence-electron chi connectivity index (χ1n) is 7.42. The van der Waals surface area contributed by atoms with Gasteiger partial charge in [0.15, 0.2) is 0 Å². The third-order valence-corrected chi connectivity index (χ3v) is 4.99. The average Bonchev–Trinajstić information content (AvgIpc) is 2.36. The molecular weight excluding hydrogens is 314 g/mol. The maximum Gasteiger partial charge on any atom is 0.125 e. The lowest BCUT2D eigenvalue weighted by atomic mass is 9.78. The van der Waals surface area contributed by atoms with Crippen molar-refractivity contribution < 1.29 is 4.74 Å². The molecule has 2 N–H and O–H groups in total. The summed E-state index contributed by atoms with van der Waals surface area (Å²) in [5.41, 5.74) is 8.98. The van der Waals surface area contributed by atoms with Crippen LogP contribution in [-0.2, 0) is 0 Å². The zero-order valence-corrected chi connectivity index (χ0v) is 13.7. The zero-order valence-electron chi connectivity index (χ0n) is 12.1. The van der Waals surface area contributed by atoms with Crippen molar-refractivity contribution in [3.8, 4) is 5.75 Å². The van der Waals surface area contributed by atoms with E-state index in [1.807, 2.05) is 6.07 Å². The highest BCUT2D eigenvalue weighted by Gasteiger charge is 2.33. The van der Waals surface area contributed by atoms with Gasteiger partial charge in [-0.25, -0.2) is 0 Å². The van der Waals surface area contributed by atoms with E-state index in [0.717, 1.165) is 28.6 Å². The van der Waals surface area contributed by atoms with E-state index in [0.29, 0.717) is 11.8 Å². The van der Waals surface area contributed by atoms with Crippen molar-refractivity contribution in [3.05, 3.63) is 39.9 Å². The van der Waals surface area contributed by atoms with Gasteiger partial charge in [-0.2, -0.15) is 0 Å². The minimum Gasteiger partial charge on any atom is -0.490 e. The van der Waals surface area contributed by atoms with Gasteiger partial charge in [0, 0.05) is 28.4 Å². The maximum atomic E-state index is 6.35. The van der Waals surface area contributed by atoms with Crippen molar-refractivity contribution in [2.45, 2.75) is 45.3 Å². The quantitative estimate of drug-likeness (QED) is 0.761. The molecule has 1 aliphatic heterocycles.